The fraction of sp³-hybridized carbons (Fsp3) is 0.440. The molecule has 1 amide bonds. The summed E-state index contributed by atoms with van der Waals surface area (Å²) in [6.45, 7) is 6.92. The summed E-state index contributed by atoms with van der Waals surface area (Å²) in [7, 11) is -1.93. The number of aryl methyl sites for hydroxylation is 3. The van der Waals surface area contributed by atoms with Crippen LogP contribution in [0.2, 0.25) is 0 Å². The Kier molecular flexibility index (Phi) is 6.88. The number of benzene rings is 2. The molecule has 33 heavy (non-hydrogen) atoms. The number of hydrogen-bond donors (Lipinski definition) is 0. The molecule has 6 nitrogen and oxygen atoms in total. The van der Waals surface area contributed by atoms with Gasteiger partial charge >= 0.3 is 0 Å². The van der Waals surface area contributed by atoms with E-state index < -0.39 is 10.0 Å². The molecule has 1 aliphatic rings. The largest absolute Gasteiger partial charge is 0.316 e. The molecule has 1 aromatic heterocycles. The van der Waals surface area contributed by atoms with E-state index in [-0.39, 0.29) is 16.8 Å². The van der Waals surface area contributed by atoms with Gasteiger partial charge in [-0.25, -0.2) is 8.42 Å². The SMILES string of the molecule is CCn1c(=NC(=O)c2ccc(S(=O)(=O)N(C)C3CCCCC3)cc2)sc2ccc(C)c(C)c21. The molecule has 0 N–H and O–H groups in total. The van der Waals surface area contributed by atoms with E-state index in [1.54, 1.807) is 19.2 Å². The van der Waals surface area contributed by atoms with Crippen molar-refractivity contribution in [1.29, 1.82) is 0 Å². The Morgan fingerprint density at radius 3 is 2.39 bits per heavy atom. The van der Waals surface area contributed by atoms with Gasteiger partial charge in [0.25, 0.3) is 5.91 Å². The van der Waals surface area contributed by atoms with Gasteiger partial charge in [0.05, 0.1) is 15.1 Å². The molecule has 0 radical (unpaired) electrons. The van der Waals surface area contributed by atoms with Gasteiger partial charge in [0.1, 0.15) is 0 Å². The number of carbonyl (C=O) groups is 1. The van der Waals surface area contributed by atoms with E-state index in [1.165, 1.54) is 45.3 Å². The number of thiazole rings is 1. The third-order valence-corrected chi connectivity index (χ3v) is 9.72. The average Bonchev–Trinajstić information content (AvgIpc) is 3.19. The zero-order chi connectivity index (χ0) is 23.8. The molecule has 0 unspecified atom stereocenters. The molecule has 1 heterocycles. The van der Waals surface area contributed by atoms with E-state index >= 15 is 0 Å². The van der Waals surface area contributed by atoms with Crippen molar-refractivity contribution in [3.05, 3.63) is 57.9 Å². The smallest absolute Gasteiger partial charge is 0.279 e. The second kappa shape index (κ2) is 9.52. The lowest BCUT2D eigenvalue weighted by atomic mass is 9.96. The first-order chi connectivity index (χ1) is 15.7. The van der Waals surface area contributed by atoms with Crippen LogP contribution in [0.25, 0.3) is 10.2 Å². The Labute approximate surface area is 199 Å². The summed E-state index contributed by atoms with van der Waals surface area (Å²) in [6, 6.07) is 10.4. The lowest BCUT2D eigenvalue weighted by Gasteiger charge is -2.30. The normalized spacial score (nSPS) is 16.1. The number of rotatable bonds is 5. The predicted octanol–water partition coefficient (Wildman–Crippen LogP) is 5.03. The van der Waals surface area contributed by atoms with Crippen LogP contribution in [0.1, 0.15) is 60.5 Å². The van der Waals surface area contributed by atoms with Gasteiger partial charge in [0.2, 0.25) is 10.0 Å². The molecule has 1 aliphatic carbocycles. The summed E-state index contributed by atoms with van der Waals surface area (Å²) in [5, 5.41) is 0. The van der Waals surface area contributed by atoms with Crippen LogP contribution in [0, 0.1) is 13.8 Å². The first kappa shape index (κ1) is 23.9. The zero-order valence-electron chi connectivity index (χ0n) is 19.7. The van der Waals surface area contributed by atoms with E-state index in [2.05, 4.69) is 35.5 Å². The van der Waals surface area contributed by atoms with Gasteiger partial charge in [-0.05, 0) is 75.1 Å². The Morgan fingerprint density at radius 2 is 1.76 bits per heavy atom. The number of hydrogen-bond acceptors (Lipinski definition) is 4. The van der Waals surface area contributed by atoms with Crippen LogP contribution < -0.4 is 4.80 Å². The summed E-state index contributed by atoms with van der Waals surface area (Å²) in [4.78, 5) is 18.2. The molecule has 4 rings (SSSR count). The minimum absolute atomic E-state index is 0.0459. The van der Waals surface area contributed by atoms with Crippen molar-refractivity contribution in [2.75, 3.05) is 7.05 Å². The highest BCUT2D eigenvalue weighted by atomic mass is 32.2. The highest BCUT2D eigenvalue weighted by molar-refractivity contribution is 7.89. The number of amides is 1. The van der Waals surface area contributed by atoms with Crippen molar-refractivity contribution >= 4 is 37.5 Å². The molecule has 8 heteroatoms. The van der Waals surface area contributed by atoms with Gasteiger partial charge in [-0.1, -0.05) is 36.7 Å². The maximum absolute atomic E-state index is 13.1. The summed E-state index contributed by atoms with van der Waals surface area (Å²) in [6.07, 6.45) is 5.09. The van der Waals surface area contributed by atoms with Crippen molar-refractivity contribution in [3.63, 3.8) is 0 Å². The van der Waals surface area contributed by atoms with Crippen LogP contribution in [-0.2, 0) is 16.6 Å². The van der Waals surface area contributed by atoms with Gasteiger partial charge in [-0.3, -0.25) is 4.79 Å². The van der Waals surface area contributed by atoms with Crippen LogP contribution >= 0.6 is 11.3 Å². The Balaban J connectivity index is 1.63. The maximum Gasteiger partial charge on any atom is 0.279 e. The van der Waals surface area contributed by atoms with Crippen molar-refractivity contribution in [2.45, 2.75) is 70.4 Å². The molecule has 0 aliphatic heterocycles. The standard InChI is InChI=1S/C25H31N3O3S2/c1-5-28-23-18(3)17(2)11-16-22(23)32-25(28)26-24(29)19-12-14-21(15-13-19)33(30,31)27(4)20-9-7-6-8-10-20/h11-16,20H,5-10H2,1-4H3. The predicted molar refractivity (Wildman–Crippen MR) is 133 cm³/mol. The quantitative estimate of drug-likeness (QED) is 0.509. The average molecular weight is 486 g/mol. The highest BCUT2D eigenvalue weighted by Crippen LogP contribution is 2.27. The minimum atomic E-state index is -3.59. The fourth-order valence-electron chi connectivity index (χ4n) is 4.55. The number of nitrogens with zero attached hydrogens (tertiary/aromatic N) is 3. The van der Waals surface area contributed by atoms with E-state index in [0.29, 0.717) is 16.9 Å². The Bertz CT molecular complexity index is 1350. The highest BCUT2D eigenvalue weighted by Gasteiger charge is 2.29. The third kappa shape index (κ3) is 4.56. The molecule has 2 aromatic carbocycles. The first-order valence-electron chi connectivity index (χ1n) is 11.5. The second-order valence-corrected chi connectivity index (χ2v) is 11.7. The van der Waals surface area contributed by atoms with Gasteiger partial charge in [-0.15, -0.1) is 0 Å². The van der Waals surface area contributed by atoms with E-state index in [4.69, 9.17) is 0 Å². The van der Waals surface area contributed by atoms with Crippen molar-refractivity contribution in [3.8, 4) is 0 Å². The van der Waals surface area contributed by atoms with E-state index in [1.807, 2.05) is 6.92 Å². The van der Waals surface area contributed by atoms with E-state index in [9.17, 15) is 13.2 Å². The summed E-state index contributed by atoms with van der Waals surface area (Å²) >= 11 is 1.49. The number of sulfonamides is 1. The molecule has 0 bridgehead atoms. The second-order valence-electron chi connectivity index (χ2n) is 8.74. The Morgan fingerprint density at radius 1 is 1.09 bits per heavy atom. The minimum Gasteiger partial charge on any atom is -0.316 e. The van der Waals surface area contributed by atoms with Crippen molar-refractivity contribution in [2.24, 2.45) is 4.99 Å². The van der Waals surface area contributed by atoms with Crippen LogP contribution in [-0.4, -0.2) is 36.3 Å². The molecule has 0 atom stereocenters. The Hall–Kier alpha value is -2.29. The number of fused-ring (bicyclic) bond motifs is 1. The first-order valence-corrected chi connectivity index (χ1v) is 13.8. The maximum atomic E-state index is 13.1. The monoisotopic (exact) mass is 485 g/mol. The summed E-state index contributed by atoms with van der Waals surface area (Å²) < 4.78 is 30.8. The third-order valence-electron chi connectivity index (χ3n) is 6.75. The number of aromatic nitrogens is 1. The summed E-state index contributed by atoms with van der Waals surface area (Å²) in [5.74, 6) is -0.372. The number of carbonyl (C=O) groups excluding carboxylic acids is 1. The molecule has 0 saturated heterocycles. The van der Waals surface area contributed by atoms with Gasteiger partial charge in [0, 0.05) is 25.2 Å². The van der Waals surface area contributed by atoms with E-state index in [0.717, 1.165) is 35.9 Å². The summed E-state index contributed by atoms with van der Waals surface area (Å²) in [5.41, 5.74) is 3.88. The van der Waals surface area contributed by atoms with Crippen LogP contribution in [0.15, 0.2) is 46.3 Å². The topological polar surface area (TPSA) is 71.7 Å². The van der Waals surface area contributed by atoms with Gasteiger partial charge in [0.15, 0.2) is 4.80 Å². The fourth-order valence-corrected chi connectivity index (χ4v) is 7.12. The van der Waals surface area contributed by atoms with Gasteiger partial charge in [-0.2, -0.15) is 9.30 Å². The van der Waals surface area contributed by atoms with Gasteiger partial charge < -0.3 is 4.57 Å². The molecular formula is C25H31N3O3S2. The molecule has 3 aromatic rings. The molecule has 176 valence electrons. The zero-order valence-corrected chi connectivity index (χ0v) is 21.3. The lowest BCUT2D eigenvalue weighted by Crippen LogP contribution is -2.38. The van der Waals surface area contributed by atoms with Crippen LogP contribution in [0.3, 0.4) is 0 Å². The lowest BCUT2D eigenvalue weighted by molar-refractivity contribution is 0.0997. The molecule has 0 spiro atoms. The van der Waals surface area contributed by atoms with Crippen LogP contribution in [0.4, 0.5) is 0 Å². The molecule has 1 saturated carbocycles. The van der Waals surface area contributed by atoms with Crippen molar-refractivity contribution in [1.82, 2.24) is 8.87 Å². The van der Waals surface area contributed by atoms with Crippen LogP contribution in [0.5, 0.6) is 0 Å². The van der Waals surface area contributed by atoms with Crippen molar-refractivity contribution < 1.29 is 13.2 Å². The molecular weight excluding hydrogens is 454 g/mol. The molecule has 1 fully saturated rings.